The molecule has 0 saturated carbocycles. The van der Waals surface area contributed by atoms with Gasteiger partial charge in [-0.2, -0.15) is 0 Å². The molecule has 21 heavy (non-hydrogen) atoms. The molecule has 0 atom stereocenters. The number of aromatic amines is 1. The average Bonchev–Trinajstić information content (AvgIpc) is 2.94. The molecule has 2 aromatic carbocycles. The molecule has 2 nitrogen and oxygen atoms in total. The van der Waals surface area contributed by atoms with Crippen molar-refractivity contribution in [3.63, 3.8) is 0 Å². The van der Waals surface area contributed by atoms with Gasteiger partial charge in [0.25, 0.3) is 0 Å². The van der Waals surface area contributed by atoms with Crippen LogP contribution in [0.25, 0.3) is 10.9 Å². The first-order valence-electron chi connectivity index (χ1n) is 7.60. The van der Waals surface area contributed by atoms with Gasteiger partial charge in [-0.15, -0.1) is 0 Å². The van der Waals surface area contributed by atoms with Gasteiger partial charge in [0.15, 0.2) is 0 Å². The summed E-state index contributed by atoms with van der Waals surface area (Å²) in [5, 5.41) is 1.30. The SMILES string of the molecule is c1ccc(COCCCCc2cc3ccccc3[nH]2)cc1. The number of fused-ring (bicyclic) bond motifs is 1. The van der Waals surface area contributed by atoms with Gasteiger partial charge in [-0.05, 0) is 42.3 Å². The predicted molar refractivity (Wildman–Crippen MR) is 87.3 cm³/mol. The number of aryl methyl sites for hydroxylation is 1. The molecule has 0 fully saturated rings. The van der Waals surface area contributed by atoms with E-state index in [1.807, 2.05) is 6.07 Å². The van der Waals surface area contributed by atoms with Crippen LogP contribution in [0.2, 0.25) is 0 Å². The Balaban J connectivity index is 1.36. The summed E-state index contributed by atoms with van der Waals surface area (Å²) < 4.78 is 5.71. The molecule has 0 amide bonds. The van der Waals surface area contributed by atoms with Crippen molar-refractivity contribution in [2.45, 2.75) is 25.9 Å². The number of nitrogens with one attached hydrogen (secondary N) is 1. The molecule has 0 radical (unpaired) electrons. The quantitative estimate of drug-likeness (QED) is 0.623. The van der Waals surface area contributed by atoms with Gasteiger partial charge in [-0.1, -0.05) is 48.5 Å². The lowest BCUT2D eigenvalue weighted by atomic mass is 10.2. The van der Waals surface area contributed by atoms with E-state index < -0.39 is 0 Å². The first kappa shape index (κ1) is 13.9. The third-order valence-corrected chi connectivity index (χ3v) is 3.68. The summed E-state index contributed by atoms with van der Waals surface area (Å²) in [7, 11) is 0. The van der Waals surface area contributed by atoms with Crippen LogP contribution in [-0.4, -0.2) is 11.6 Å². The normalized spacial score (nSPS) is 11.0. The molecule has 1 heterocycles. The van der Waals surface area contributed by atoms with Crippen LogP contribution in [-0.2, 0) is 17.8 Å². The van der Waals surface area contributed by atoms with Crippen molar-refractivity contribution in [3.05, 3.63) is 71.9 Å². The van der Waals surface area contributed by atoms with E-state index >= 15 is 0 Å². The summed E-state index contributed by atoms with van der Waals surface area (Å²) in [6, 6.07) is 21.0. The second kappa shape index (κ2) is 7.09. The van der Waals surface area contributed by atoms with Crippen LogP contribution in [0, 0.1) is 0 Å². The highest BCUT2D eigenvalue weighted by Gasteiger charge is 2.00. The highest BCUT2D eigenvalue weighted by atomic mass is 16.5. The van der Waals surface area contributed by atoms with Gasteiger partial charge in [-0.25, -0.2) is 0 Å². The fourth-order valence-corrected chi connectivity index (χ4v) is 2.55. The monoisotopic (exact) mass is 279 g/mol. The summed E-state index contributed by atoms with van der Waals surface area (Å²) in [6.07, 6.45) is 3.34. The second-order valence-electron chi connectivity index (χ2n) is 5.38. The Labute approximate surface area is 125 Å². The summed E-state index contributed by atoms with van der Waals surface area (Å²) in [6.45, 7) is 1.54. The van der Waals surface area contributed by atoms with E-state index in [2.05, 4.69) is 59.6 Å². The van der Waals surface area contributed by atoms with Gasteiger partial charge >= 0.3 is 0 Å². The number of hydrogen-bond acceptors (Lipinski definition) is 1. The maximum atomic E-state index is 5.71. The summed E-state index contributed by atoms with van der Waals surface area (Å²) >= 11 is 0. The zero-order valence-corrected chi connectivity index (χ0v) is 12.2. The van der Waals surface area contributed by atoms with Crippen LogP contribution in [0.4, 0.5) is 0 Å². The minimum absolute atomic E-state index is 0.716. The molecule has 1 aromatic heterocycles. The van der Waals surface area contributed by atoms with Crippen molar-refractivity contribution in [1.82, 2.24) is 4.98 Å². The Morgan fingerprint density at radius 2 is 1.67 bits per heavy atom. The van der Waals surface area contributed by atoms with E-state index in [0.717, 1.165) is 25.9 Å². The van der Waals surface area contributed by atoms with Gasteiger partial charge in [0.1, 0.15) is 0 Å². The molecule has 0 aliphatic carbocycles. The lowest BCUT2D eigenvalue weighted by Crippen LogP contribution is -1.96. The van der Waals surface area contributed by atoms with Crippen molar-refractivity contribution >= 4 is 10.9 Å². The first-order chi connectivity index (χ1) is 10.4. The maximum Gasteiger partial charge on any atom is 0.0716 e. The van der Waals surface area contributed by atoms with Crippen LogP contribution in [0.5, 0.6) is 0 Å². The number of H-pyrrole nitrogens is 1. The third-order valence-electron chi connectivity index (χ3n) is 3.68. The van der Waals surface area contributed by atoms with Gasteiger partial charge in [0.05, 0.1) is 6.61 Å². The smallest absolute Gasteiger partial charge is 0.0716 e. The van der Waals surface area contributed by atoms with E-state index in [4.69, 9.17) is 4.74 Å². The Kier molecular flexibility index (Phi) is 4.70. The third kappa shape index (κ3) is 3.96. The van der Waals surface area contributed by atoms with Crippen LogP contribution in [0.3, 0.4) is 0 Å². The molecular weight excluding hydrogens is 258 g/mol. The largest absolute Gasteiger partial charge is 0.377 e. The first-order valence-corrected chi connectivity index (χ1v) is 7.60. The number of ether oxygens (including phenoxy) is 1. The highest BCUT2D eigenvalue weighted by molar-refractivity contribution is 5.80. The molecule has 2 heteroatoms. The second-order valence-corrected chi connectivity index (χ2v) is 5.38. The van der Waals surface area contributed by atoms with E-state index in [1.165, 1.54) is 22.2 Å². The topological polar surface area (TPSA) is 25.0 Å². The molecule has 3 aromatic rings. The molecule has 108 valence electrons. The van der Waals surface area contributed by atoms with Gasteiger partial charge < -0.3 is 9.72 Å². The zero-order valence-electron chi connectivity index (χ0n) is 12.2. The van der Waals surface area contributed by atoms with Crippen molar-refractivity contribution < 1.29 is 4.74 Å². The Morgan fingerprint density at radius 1 is 0.857 bits per heavy atom. The minimum Gasteiger partial charge on any atom is -0.377 e. The Morgan fingerprint density at radius 3 is 2.52 bits per heavy atom. The van der Waals surface area contributed by atoms with E-state index in [9.17, 15) is 0 Å². The Hall–Kier alpha value is -2.06. The summed E-state index contributed by atoms with van der Waals surface area (Å²) in [4.78, 5) is 3.47. The molecule has 0 unspecified atom stereocenters. The standard InChI is InChI=1S/C19H21NO/c1-2-8-16(9-3-1)15-21-13-7-6-11-18-14-17-10-4-5-12-19(17)20-18/h1-5,8-10,12,14,20H,6-7,11,13,15H2. The van der Waals surface area contributed by atoms with Crippen molar-refractivity contribution in [2.24, 2.45) is 0 Å². The number of aromatic nitrogens is 1. The number of hydrogen-bond donors (Lipinski definition) is 1. The van der Waals surface area contributed by atoms with E-state index in [1.54, 1.807) is 0 Å². The molecular formula is C19H21NO. The molecule has 3 rings (SSSR count). The molecule has 0 saturated heterocycles. The molecule has 0 aliphatic heterocycles. The molecule has 1 N–H and O–H groups in total. The number of para-hydroxylation sites is 1. The lowest BCUT2D eigenvalue weighted by molar-refractivity contribution is 0.117. The molecule has 0 aliphatic rings. The van der Waals surface area contributed by atoms with Crippen LogP contribution >= 0.6 is 0 Å². The average molecular weight is 279 g/mol. The van der Waals surface area contributed by atoms with Crippen LogP contribution in [0.15, 0.2) is 60.7 Å². The fraction of sp³-hybridized carbons (Fsp3) is 0.263. The fourth-order valence-electron chi connectivity index (χ4n) is 2.55. The van der Waals surface area contributed by atoms with Crippen LogP contribution < -0.4 is 0 Å². The maximum absolute atomic E-state index is 5.71. The minimum atomic E-state index is 0.716. The summed E-state index contributed by atoms with van der Waals surface area (Å²) in [5.41, 5.74) is 3.79. The Bertz CT molecular complexity index is 639. The van der Waals surface area contributed by atoms with E-state index in [-0.39, 0.29) is 0 Å². The van der Waals surface area contributed by atoms with Crippen LogP contribution in [0.1, 0.15) is 24.1 Å². The number of benzene rings is 2. The van der Waals surface area contributed by atoms with Crippen molar-refractivity contribution in [3.8, 4) is 0 Å². The number of rotatable bonds is 7. The summed E-state index contributed by atoms with van der Waals surface area (Å²) in [5.74, 6) is 0. The zero-order chi connectivity index (χ0) is 14.3. The van der Waals surface area contributed by atoms with Gasteiger partial charge in [0, 0.05) is 17.8 Å². The van der Waals surface area contributed by atoms with E-state index in [0.29, 0.717) is 6.61 Å². The van der Waals surface area contributed by atoms with Gasteiger partial charge in [0.2, 0.25) is 0 Å². The highest BCUT2D eigenvalue weighted by Crippen LogP contribution is 2.16. The van der Waals surface area contributed by atoms with Crippen molar-refractivity contribution in [2.75, 3.05) is 6.61 Å². The molecule has 0 bridgehead atoms. The lowest BCUT2D eigenvalue weighted by Gasteiger charge is -2.04. The van der Waals surface area contributed by atoms with Crippen molar-refractivity contribution in [1.29, 1.82) is 0 Å². The predicted octanol–water partition coefficient (Wildman–Crippen LogP) is 4.71. The molecule has 0 spiro atoms. The number of unbranched alkanes of at least 4 members (excludes halogenated alkanes) is 1. The van der Waals surface area contributed by atoms with Gasteiger partial charge in [-0.3, -0.25) is 0 Å².